The topological polar surface area (TPSA) is 119 Å². The van der Waals surface area contributed by atoms with E-state index in [0.29, 0.717) is 21.9 Å². The van der Waals surface area contributed by atoms with Gasteiger partial charge < -0.3 is 15.0 Å². The average Bonchev–Trinajstić information content (AvgIpc) is 3.54. The summed E-state index contributed by atoms with van der Waals surface area (Å²) >= 11 is 2.48. The Morgan fingerprint density at radius 3 is 2.83 bits per heavy atom. The maximum atomic E-state index is 13.3. The molecule has 0 aliphatic heterocycles. The van der Waals surface area contributed by atoms with Crippen LogP contribution in [-0.4, -0.2) is 43.5 Å². The van der Waals surface area contributed by atoms with Crippen LogP contribution in [0, 0.1) is 5.82 Å². The molecule has 0 bridgehead atoms. The number of carbonyl (C=O) groups excluding carboxylic acids is 2. The molecule has 0 unspecified atom stereocenters. The molecule has 5 rings (SSSR count). The second-order valence-corrected chi connectivity index (χ2v) is 10.6. The number of carbonyl (C=O) groups is 2. The third-order valence-corrected chi connectivity index (χ3v) is 7.97. The number of amides is 1. The molecular weight excluding hydrogens is 505 g/mol. The van der Waals surface area contributed by atoms with Gasteiger partial charge in [0.2, 0.25) is 5.91 Å². The smallest absolute Gasteiger partial charge is 0.341 e. The fourth-order valence-electron chi connectivity index (χ4n) is 4.07. The zero-order chi connectivity index (χ0) is 25.4. The van der Waals surface area contributed by atoms with E-state index in [-0.39, 0.29) is 28.9 Å². The monoisotopic (exact) mass is 527 g/mol. The van der Waals surface area contributed by atoms with Crippen LogP contribution in [0.2, 0.25) is 0 Å². The van der Waals surface area contributed by atoms with Gasteiger partial charge in [0.05, 0.1) is 29.3 Å². The summed E-state index contributed by atoms with van der Waals surface area (Å²) in [6, 6.07) is 5.66. The van der Waals surface area contributed by atoms with Crippen molar-refractivity contribution in [2.45, 2.75) is 43.5 Å². The Balaban J connectivity index is 1.38. The van der Waals surface area contributed by atoms with Crippen LogP contribution in [0.4, 0.5) is 9.39 Å². The number of halogens is 1. The lowest BCUT2D eigenvalue weighted by atomic mass is 10.1. The summed E-state index contributed by atoms with van der Waals surface area (Å²) < 4.78 is 20.0. The quantitative estimate of drug-likeness (QED) is 0.211. The van der Waals surface area contributed by atoms with Crippen LogP contribution in [0.1, 0.15) is 41.1 Å². The van der Waals surface area contributed by atoms with E-state index in [2.05, 4.69) is 20.4 Å². The third-order valence-electron chi connectivity index (χ3n) is 5.78. The predicted molar refractivity (Wildman–Crippen MR) is 136 cm³/mol. The van der Waals surface area contributed by atoms with Crippen LogP contribution >= 0.6 is 23.1 Å². The van der Waals surface area contributed by atoms with E-state index in [9.17, 15) is 18.8 Å². The van der Waals surface area contributed by atoms with Crippen LogP contribution in [0.25, 0.3) is 16.7 Å². The number of aryl methyl sites for hydroxylation is 1. The number of anilines is 1. The van der Waals surface area contributed by atoms with Crippen LogP contribution in [0.15, 0.2) is 40.4 Å². The highest BCUT2D eigenvalue weighted by molar-refractivity contribution is 8.00. The lowest BCUT2D eigenvalue weighted by Crippen LogP contribution is -2.24. The Kier molecular flexibility index (Phi) is 6.63. The fourth-order valence-corrected chi connectivity index (χ4v) is 6.14. The molecule has 1 amide bonds. The number of aromatic nitrogens is 4. The number of hydrogen-bond acceptors (Lipinski definition) is 8. The molecule has 3 aromatic heterocycles. The number of esters is 1. The Labute approximate surface area is 213 Å². The second-order valence-electron chi connectivity index (χ2n) is 8.17. The minimum absolute atomic E-state index is 0.235. The van der Waals surface area contributed by atoms with Crippen molar-refractivity contribution < 1.29 is 18.7 Å². The fraction of sp³-hybridized carbons (Fsp3) is 0.292. The maximum Gasteiger partial charge on any atom is 0.341 e. The Hall–Kier alpha value is -3.51. The van der Waals surface area contributed by atoms with Crippen molar-refractivity contribution >= 4 is 51.0 Å². The van der Waals surface area contributed by atoms with Gasteiger partial charge in [0.1, 0.15) is 16.2 Å². The third kappa shape index (κ3) is 4.53. The molecule has 186 valence electrons. The van der Waals surface area contributed by atoms with Crippen molar-refractivity contribution in [3.8, 4) is 5.69 Å². The number of H-pyrrole nitrogens is 1. The van der Waals surface area contributed by atoms with Gasteiger partial charge in [-0.25, -0.2) is 18.9 Å². The van der Waals surface area contributed by atoms with Gasteiger partial charge in [-0.2, -0.15) is 5.10 Å². The highest BCUT2D eigenvalue weighted by Gasteiger charge is 2.29. The number of ether oxygens (including phenoxy) is 1. The molecule has 12 heteroatoms. The summed E-state index contributed by atoms with van der Waals surface area (Å²) in [5.41, 5.74) is 1.83. The highest BCUT2D eigenvalue weighted by Crippen LogP contribution is 2.40. The predicted octanol–water partition coefficient (Wildman–Crippen LogP) is 4.09. The first-order valence-electron chi connectivity index (χ1n) is 11.4. The summed E-state index contributed by atoms with van der Waals surface area (Å²) in [5.74, 6) is -1.16. The van der Waals surface area contributed by atoms with Crippen molar-refractivity contribution in [2.75, 3.05) is 11.9 Å². The van der Waals surface area contributed by atoms with E-state index < -0.39 is 16.8 Å². The first-order valence-corrected chi connectivity index (χ1v) is 13.1. The number of benzene rings is 1. The van der Waals surface area contributed by atoms with E-state index in [1.165, 1.54) is 46.5 Å². The van der Waals surface area contributed by atoms with E-state index in [0.717, 1.165) is 41.5 Å². The van der Waals surface area contributed by atoms with Crippen LogP contribution in [-0.2, 0) is 22.4 Å². The van der Waals surface area contributed by atoms with Crippen molar-refractivity contribution in [2.24, 2.45) is 0 Å². The van der Waals surface area contributed by atoms with Gasteiger partial charge in [-0.15, -0.1) is 11.3 Å². The van der Waals surface area contributed by atoms with Crippen LogP contribution < -0.4 is 10.9 Å². The number of thiophene rings is 1. The van der Waals surface area contributed by atoms with Gasteiger partial charge >= 0.3 is 5.97 Å². The van der Waals surface area contributed by atoms with Gasteiger partial charge in [-0.1, -0.05) is 11.8 Å². The molecule has 36 heavy (non-hydrogen) atoms. The Morgan fingerprint density at radius 1 is 1.31 bits per heavy atom. The SMILES string of the molecule is CCOC(=O)c1c(NC(=O)[C@H](C)Sc2nc3c(cnn3-c3ccc(F)cc3)c(=O)[nH]2)sc2c1CCC2. The molecule has 4 aromatic rings. The van der Waals surface area contributed by atoms with E-state index >= 15 is 0 Å². The summed E-state index contributed by atoms with van der Waals surface area (Å²) in [6.07, 6.45) is 4.03. The molecule has 0 radical (unpaired) electrons. The van der Waals surface area contributed by atoms with Gasteiger partial charge in [0, 0.05) is 4.88 Å². The molecule has 3 heterocycles. The molecule has 2 N–H and O–H groups in total. The molecule has 1 aliphatic carbocycles. The number of aromatic amines is 1. The minimum Gasteiger partial charge on any atom is -0.462 e. The largest absolute Gasteiger partial charge is 0.462 e. The standard InChI is InChI=1S/C24H22FN5O4S2/c1-3-34-23(33)18-15-5-4-6-17(15)36-22(18)28-20(31)12(2)35-24-27-19-16(21(32)29-24)11-26-30(19)14-9-7-13(25)8-10-14/h7-12H,3-6H2,1-2H3,(H,28,31)(H,27,29,32)/t12-/m0/s1. The molecule has 0 saturated heterocycles. The minimum atomic E-state index is -0.639. The summed E-state index contributed by atoms with van der Waals surface area (Å²) in [5, 5.41) is 7.44. The van der Waals surface area contributed by atoms with Gasteiger partial charge in [-0.05, 0) is 62.9 Å². The molecule has 0 fully saturated rings. The van der Waals surface area contributed by atoms with Crippen molar-refractivity contribution in [1.29, 1.82) is 0 Å². The highest BCUT2D eigenvalue weighted by atomic mass is 32.2. The molecule has 0 saturated carbocycles. The summed E-state index contributed by atoms with van der Waals surface area (Å²) in [7, 11) is 0. The van der Waals surface area contributed by atoms with E-state index in [1.54, 1.807) is 13.8 Å². The molecular formula is C24H22FN5O4S2. The molecule has 1 aliphatic rings. The molecule has 0 spiro atoms. The first-order chi connectivity index (χ1) is 17.4. The van der Waals surface area contributed by atoms with E-state index in [4.69, 9.17) is 4.74 Å². The lowest BCUT2D eigenvalue weighted by Gasteiger charge is -2.12. The Morgan fingerprint density at radius 2 is 2.08 bits per heavy atom. The molecule has 1 aromatic carbocycles. The number of rotatable bonds is 7. The van der Waals surface area contributed by atoms with Gasteiger partial charge in [0.25, 0.3) is 5.56 Å². The van der Waals surface area contributed by atoms with Crippen LogP contribution in [0.3, 0.4) is 0 Å². The normalized spacial score (nSPS) is 13.5. The summed E-state index contributed by atoms with van der Waals surface area (Å²) in [4.78, 5) is 46.5. The zero-order valence-corrected chi connectivity index (χ0v) is 21.1. The number of thioether (sulfide) groups is 1. The van der Waals surface area contributed by atoms with Gasteiger partial charge in [-0.3, -0.25) is 9.59 Å². The zero-order valence-electron chi connectivity index (χ0n) is 19.5. The van der Waals surface area contributed by atoms with Crippen molar-refractivity contribution in [3.05, 3.63) is 62.6 Å². The average molecular weight is 528 g/mol. The maximum absolute atomic E-state index is 13.3. The second kappa shape index (κ2) is 9.86. The number of hydrogen-bond donors (Lipinski definition) is 2. The van der Waals surface area contributed by atoms with Gasteiger partial charge in [0.15, 0.2) is 10.8 Å². The van der Waals surface area contributed by atoms with E-state index in [1.807, 2.05) is 0 Å². The number of fused-ring (bicyclic) bond motifs is 2. The number of nitrogens with zero attached hydrogens (tertiary/aromatic N) is 3. The molecule has 1 atom stereocenters. The Bertz CT molecular complexity index is 1530. The van der Waals surface area contributed by atoms with Crippen molar-refractivity contribution in [1.82, 2.24) is 19.7 Å². The van der Waals surface area contributed by atoms with Crippen LogP contribution in [0.5, 0.6) is 0 Å². The number of nitrogens with one attached hydrogen (secondary N) is 2. The lowest BCUT2D eigenvalue weighted by molar-refractivity contribution is -0.115. The van der Waals surface area contributed by atoms with Crippen molar-refractivity contribution in [3.63, 3.8) is 0 Å². The molecule has 9 nitrogen and oxygen atoms in total. The first kappa shape index (κ1) is 24.2. The summed E-state index contributed by atoms with van der Waals surface area (Å²) in [6.45, 7) is 3.68.